The number of amides is 1. The van der Waals surface area contributed by atoms with Gasteiger partial charge in [-0.15, -0.1) is 0 Å². The van der Waals surface area contributed by atoms with Crippen molar-refractivity contribution in [2.45, 2.75) is 38.4 Å². The van der Waals surface area contributed by atoms with Crippen LogP contribution in [0.4, 0.5) is 17.6 Å². The van der Waals surface area contributed by atoms with Crippen LogP contribution in [0.3, 0.4) is 0 Å². The third kappa shape index (κ3) is 6.04. The number of carbonyl (C=O) groups excluding carboxylic acids is 1. The molecule has 1 aliphatic rings. The van der Waals surface area contributed by atoms with Gasteiger partial charge in [0.15, 0.2) is 18.1 Å². The summed E-state index contributed by atoms with van der Waals surface area (Å²) < 4.78 is 86.3. The van der Waals surface area contributed by atoms with E-state index in [2.05, 4.69) is 20.1 Å². The Morgan fingerprint density at radius 3 is 2.56 bits per heavy atom. The fourth-order valence-corrected chi connectivity index (χ4v) is 5.37. The van der Waals surface area contributed by atoms with Crippen LogP contribution in [-0.4, -0.2) is 58.8 Å². The zero-order chi connectivity index (χ0) is 26.3. The Balaban J connectivity index is 1.55. The highest BCUT2D eigenvalue weighted by Crippen LogP contribution is 2.33. The maximum atomic E-state index is 13.5. The second-order valence-electron chi connectivity index (χ2n) is 8.85. The predicted octanol–water partition coefficient (Wildman–Crippen LogP) is 3.61. The largest absolute Gasteiger partial charge is 0.478 e. The molecule has 14 heteroatoms. The summed E-state index contributed by atoms with van der Waals surface area (Å²) in [6.07, 6.45) is -1.75. The van der Waals surface area contributed by atoms with Crippen molar-refractivity contribution in [1.29, 1.82) is 0 Å². The number of pyridine rings is 2. The molecule has 4 rings (SSSR count). The van der Waals surface area contributed by atoms with Gasteiger partial charge in [-0.25, -0.2) is 22.3 Å². The van der Waals surface area contributed by atoms with E-state index in [9.17, 15) is 30.8 Å². The number of hydrogen-bond donors (Lipinski definition) is 1. The molecule has 0 saturated carbocycles. The summed E-state index contributed by atoms with van der Waals surface area (Å²) in [5, 5.41) is 7.10. The Bertz CT molecular complexity index is 1410. The first-order valence-corrected chi connectivity index (χ1v) is 12.6. The molecule has 0 unspecified atom stereocenters. The molecule has 0 aliphatic carbocycles. The van der Waals surface area contributed by atoms with E-state index >= 15 is 0 Å². The van der Waals surface area contributed by atoms with Gasteiger partial charge in [0.25, 0.3) is 11.8 Å². The number of carbonyl (C=O) groups is 1. The minimum atomic E-state index is -4.64. The third-order valence-electron chi connectivity index (χ3n) is 5.71. The van der Waals surface area contributed by atoms with Gasteiger partial charge in [0.05, 0.1) is 23.2 Å². The van der Waals surface area contributed by atoms with E-state index in [1.807, 2.05) is 0 Å². The Morgan fingerprint density at radius 1 is 1.19 bits per heavy atom. The van der Waals surface area contributed by atoms with Crippen molar-refractivity contribution in [2.24, 2.45) is 0 Å². The van der Waals surface area contributed by atoms with E-state index in [0.717, 1.165) is 12.3 Å². The number of ether oxygens (including phenoxy) is 2. The van der Waals surface area contributed by atoms with Gasteiger partial charge in [-0.05, 0) is 32.8 Å². The molecule has 0 spiro atoms. The second-order valence-corrected chi connectivity index (χ2v) is 11.2. The minimum absolute atomic E-state index is 0.0130. The summed E-state index contributed by atoms with van der Waals surface area (Å²) in [6.45, 7) is 1.76. The van der Waals surface area contributed by atoms with Crippen LogP contribution in [0.15, 0.2) is 30.6 Å². The highest BCUT2D eigenvalue weighted by atomic mass is 32.2. The molecule has 1 saturated heterocycles. The molecule has 9 nitrogen and oxygen atoms in total. The topological polar surface area (TPSA) is 112 Å². The standard InChI is InChI=1S/C22H22F4N4O5S/c1-13-11-30-15(8-16(29-30)19(31)28-21(2)3-5-36(32,33)6-4-21)9-17(13)35-20-18(7-14(23)10-27-20)34-12-22(24,25)26/h7-11H,3-6,12H2,1-2H3,(H,28,31). The molecule has 1 amide bonds. The lowest BCUT2D eigenvalue weighted by atomic mass is 9.94. The summed E-state index contributed by atoms with van der Waals surface area (Å²) in [5.74, 6) is -2.13. The molecule has 4 heterocycles. The van der Waals surface area contributed by atoms with Crippen LogP contribution >= 0.6 is 0 Å². The van der Waals surface area contributed by atoms with Crippen molar-refractivity contribution < 1.29 is 40.2 Å². The second kappa shape index (κ2) is 9.22. The normalized spacial score (nSPS) is 17.1. The molecule has 1 fully saturated rings. The van der Waals surface area contributed by atoms with Gasteiger partial charge in [0, 0.05) is 29.4 Å². The summed E-state index contributed by atoms with van der Waals surface area (Å²) in [5.41, 5.74) is 0.311. The van der Waals surface area contributed by atoms with Crippen LogP contribution in [0.25, 0.3) is 5.52 Å². The predicted molar refractivity (Wildman–Crippen MR) is 120 cm³/mol. The van der Waals surface area contributed by atoms with Gasteiger partial charge in [0.2, 0.25) is 0 Å². The lowest BCUT2D eigenvalue weighted by Crippen LogP contribution is -2.51. The van der Waals surface area contributed by atoms with E-state index in [4.69, 9.17) is 4.74 Å². The van der Waals surface area contributed by atoms with Crippen LogP contribution in [0.5, 0.6) is 17.4 Å². The zero-order valence-electron chi connectivity index (χ0n) is 19.2. The number of halogens is 4. The molecule has 194 valence electrons. The lowest BCUT2D eigenvalue weighted by Gasteiger charge is -2.34. The third-order valence-corrected chi connectivity index (χ3v) is 7.36. The highest BCUT2D eigenvalue weighted by molar-refractivity contribution is 7.91. The van der Waals surface area contributed by atoms with E-state index in [0.29, 0.717) is 11.1 Å². The molecule has 1 N–H and O–H groups in total. The average molecular weight is 531 g/mol. The number of nitrogens with one attached hydrogen (secondary N) is 1. The van der Waals surface area contributed by atoms with Crippen molar-refractivity contribution in [1.82, 2.24) is 19.9 Å². The zero-order valence-corrected chi connectivity index (χ0v) is 20.0. The smallest absolute Gasteiger partial charge is 0.422 e. The Hall–Kier alpha value is -3.42. The molecule has 3 aromatic heterocycles. The van der Waals surface area contributed by atoms with Crippen molar-refractivity contribution >= 4 is 21.3 Å². The number of sulfone groups is 1. The van der Waals surface area contributed by atoms with Gasteiger partial charge in [-0.1, -0.05) is 0 Å². The number of nitrogens with zero attached hydrogens (tertiary/aromatic N) is 3. The fraction of sp³-hybridized carbons (Fsp3) is 0.409. The summed E-state index contributed by atoms with van der Waals surface area (Å²) in [4.78, 5) is 16.5. The highest BCUT2D eigenvalue weighted by Gasteiger charge is 2.35. The first-order valence-electron chi connectivity index (χ1n) is 10.8. The molecular weight excluding hydrogens is 508 g/mol. The first kappa shape index (κ1) is 25.7. The van der Waals surface area contributed by atoms with Crippen LogP contribution in [-0.2, 0) is 9.84 Å². The van der Waals surface area contributed by atoms with Crippen LogP contribution < -0.4 is 14.8 Å². The molecule has 0 bridgehead atoms. The summed E-state index contributed by atoms with van der Waals surface area (Å²) >= 11 is 0. The van der Waals surface area contributed by atoms with E-state index in [-0.39, 0.29) is 41.7 Å². The maximum absolute atomic E-state index is 13.5. The summed E-state index contributed by atoms with van der Waals surface area (Å²) in [7, 11) is -3.10. The lowest BCUT2D eigenvalue weighted by molar-refractivity contribution is -0.153. The molecule has 0 atom stereocenters. The van der Waals surface area contributed by atoms with Crippen molar-refractivity contribution in [3.63, 3.8) is 0 Å². The quantitative estimate of drug-likeness (QED) is 0.485. The number of fused-ring (bicyclic) bond motifs is 1. The Labute approximate surface area is 203 Å². The molecule has 1 aliphatic heterocycles. The number of alkyl halides is 3. The van der Waals surface area contributed by atoms with Crippen molar-refractivity contribution in [2.75, 3.05) is 18.1 Å². The van der Waals surface area contributed by atoms with E-state index < -0.39 is 45.6 Å². The van der Waals surface area contributed by atoms with E-state index in [1.165, 1.54) is 22.8 Å². The van der Waals surface area contributed by atoms with Crippen LogP contribution in [0.1, 0.15) is 35.8 Å². The molecular formula is C22H22F4N4O5S. The first-order chi connectivity index (χ1) is 16.7. The Kier molecular flexibility index (Phi) is 6.58. The molecule has 0 aromatic carbocycles. The molecule has 0 radical (unpaired) electrons. The van der Waals surface area contributed by atoms with Gasteiger partial charge in [0.1, 0.15) is 21.4 Å². The maximum Gasteiger partial charge on any atom is 0.422 e. The van der Waals surface area contributed by atoms with Crippen molar-refractivity contribution in [3.05, 3.63) is 47.7 Å². The number of aryl methyl sites for hydroxylation is 1. The molecule has 3 aromatic rings. The number of hydrogen-bond acceptors (Lipinski definition) is 7. The average Bonchev–Trinajstić information content (AvgIpc) is 3.19. The minimum Gasteiger partial charge on any atom is -0.478 e. The van der Waals surface area contributed by atoms with Gasteiger partial charge in [-0.2, -0.15) is 18.3 Å². The SMILES string of the molecule is Cc1cn2nc(C(=O)NC3(C)CCS(=O)(=O)CC3)cc2cc1Oc1ncc(F)cc1OCC(F)(F)F. The van der Waals surface area contributed by atoms with E-state index in [1.54, 1.807) is 13.8 Å². The van der Waals surface area contributed by atoms with Gasteiger partial charge >= 0.3 is 6.18 Å². The van der Waals surface area contributed by atoms with Gasteiger partial charge in [-0.3, -0.25) is 4.79 Å². The van der Waals surface area contributed by atoms with Crippen LogP contribution in [0, 0.1) is 12.7 Å². The number of aromatic nitrogens is 3. The number of rotatable bonds is 6. The molecule has 36 heavy (non-hydrogen) atoms. The van der Waals surface area contributed by atoms with Gasteiger partial charge < -0.3 is 14.8 Å². The monoisotopic (exact) mass is 530 g/mol. The Morgan fingerprint density at radius 2 is 1.89 bits per heavy atom. The summed E-state index contributed by atoms with van der Waals surface area (Å²) in [6, 6.07) is 3.70. The van der Waals surface area contributed by atoms with Crippen molar-refractivity contribution in [3.8, 4) is 17.4 Å². The van der Waals surface area contributed by atoms with Crippen LogP contribution in [0.2, 0.25) is 0 Å². The fourth-order valence-electron chi connectivity index (χ4n) is 3.64.